The highest BCUT2D eigenvalue weighted by molar-refractivity contribution is 7.22. The molecule has 2 aliphatic carbocycles. The molecule has 0 bridgehead atoms. The minimum Gasteiger partial charge on any atom is -0.465 e. The van der Waals surface area contributed by atoms with Crippen molar-refractivity contribution < 1.29 is 41.1 Å². The van der Waals surface area contributed by atoms with E-state index in [1.165, 1.54) is 30.6 Å². The molecule has 2 aromatic heterocycles. The summed E-state index contributed by atoms with van der Waals surface area (Å²) in [5.41, 5.74) is 1.58. The van der Waals surface area contributed by atoms with Crippen LogP contribution in [-0.4, -0.2) is 48.8 Å². The Morgan fingerprint density at radius 3 is 2.68 bits per heavy atom. The molecule has 13 heteroatoms. The number of nitrogens with zero attached hydrogens (tertiary/aromatic N) is 3. The lowest BCUT2D eigenvalue weighted by atomic mass is 9.80. The number of halogens is 4. The van der Waals surface area contributed by atoms with Crippen LogP contribution in [0.5, 0.6) is 5.75 Å². The zero-order chi connectivity index (χ0) is 30.6. The predicted molar refractivity (Wildman–Crippen MR) is 153 cm³/mol. The van der Waals surface area contributed by atoms with Gasteiger partial charge in [0.15, 0.2) is 10.9 Å². The molecule has 3 aliphatic rings. The Hall–Kier alpha value is -3.71. The van der Waals surface area contributed by atoms with Gasteiger partial charge in [-0.2, -0.15) is 0 Å². The maximum absolute atomic E-state index is 14.7. The normalized spacial score (nSPS) is 21.9. The fourth-order valence-electron chi connectivity index (χ4n) is 6.46. The Kier molecular flexibility index (Phi) is 7.48. The van der Waals surface area contributed by atoms with Crippen molar-refractivity contribution in [1.29, 1.82) is 0 Å². The van der Waals surface area contributed by atoms with Crippen LogP contribution in [0.3, 0.4) is 0 Å². The number of ether oxygens (including phenoxy) is 3. The lowest BCUT2D eigenvalue weighted by Crippen LogP contribution is -2.28. The van der Waals surface area contributed by atoms with E-state index in [9.17, 15) is 22.4 Å². The van der Waals surface area contributed by atoms with Crippen molar-refractivity contribution in [3.05, 3.63) is 59.1 Å². The van der Waals surface area contributed by atoms with Gasteiger partial charge >= 0.3 is 12.3 Å². The van der Waals surface area contributed by atoms with Gasteiger partial charge in [-0.1, -0.05) is 28.6 Å². The van der Waals surface area contributed by atoms with E-state index >= 15 is 0 Å². The first kappa shape index (κ1) is 29.0. The number of carbonyl (C=O) groups excluding carboxylic acids is 1. The van der Waals surface area contributed by atoms with Gasteiger partial charge in [0.05, 0.1) is 30.1 Å². The minimum atomic E-state index is -4.84. The van der Waals surface area contributed by atoms with Gasteiger partial charge in [-0.05, 0) is 68.2 Å². The van der Waals surface area contributed by atoms with Gasteiger partial charge in [0.2, 0.25) is 0 Å². The Labute approximate surface area is 253 Å². The Morgan fingerprint density at radius 2 is 1.91 bits per heavy atom. The quantitative estimate of drug-likeness (QED) is 0.146. The van der Waals surface area contributed by atoms with Crippen LogP contribution in [0.25, 0.3) is 21.5 Å². The fraction of sp³-hybridized carbons (Fsp3) is 0.452. The molecule has 232 valence electrons. The fourth-order valence-corrected chi connectivity index (χ4v) is 7.50. The van der Waals surface area contributed by atoms with Crippen molar-refractivity contribution >= 4 is 32.7 Å². The molecule has 0 amide bonds. The summed E-state index contributed by atoms with van der Waals surface area (Å²) in [5, 5.41) is 4.89. The zero-order valence-electron chi connectivity index (χ0n) is 23.7. The van der Waals surface area contributed by atoms with Gasteiger partial charge < -0.3 is 23.6 Å². The maximum Gasteiger partial charge on any atom is 0.573 e. The highest BCUT2D eigenvalue weighted by Crippen LogP contribution is 2.47. The number of aromatic nitrogens is 2. The van der Waals surface area contributed by atoms with Gasteiger partial charge in [-0.25, -0.2) is 14.2 Å². The number of anilines is 1. The Bertz CT molecular complexity index is 1700. The van der Waals surface area contributed by atoms with Crippen molar-refractivity contribution in [2.45, 2.75) is 57.1 Å². The molecule has 2 aromatic carbocycles. The SMILES string of the molecule is COC(=O)c1cc(F)c2nc(N3C[C@H]4C[C@H](OCc5c(-c6ccccc6OC(F)(F)F)noc5C5CC5)CC[C@H]4C3)sc2c1. The molecule has 3 atom stereocenters. The topological polar surface area (TPSA) is 86.9 Å². The second kappa shape index (κ2) is 11.3. The van der Waals surface area contributed by atoms with E-state index in [-0.39, 0.29) is 41.0 Å². The number of alkyl halides is 3. The highest BCUT2D eigenvalue weighted by Gasteiger charge is 2.40. The van der Waals surface area contributed by atoms with E-state index in [1.54, 1.807) is 18.2 Å². The molecular weight excluding hydrogens is 602 g/mol. The lowest BCUT2D eigenvalue weighted by molar-refractivity contribution is -0.274. The number of methoxy groups -OCH3 is 1. The third-order valence-corrected chi connectivity index (χ3v) is 9.79. The highest BCUT2D eigenvalue weighted by atomic mass is 32.1. The number of hydrogen-bond donors (Lipinski definition) is 0. The van der Waals surface area contributed by atoms with Gasteiger partial charge in [0, 0.05) is 30.1 Å². The van der Waals surface area contributed by atoms with Crippen molar-refractivity contribution in [2.24, 2.45) is 11.8 Å². The minimum absolute atomic E-state index is 0.0388. The third kappa shape index (κ3) is 5.74. The summed E-state index contributed by atoms with van der Waals surface area (Å²) in [4.78, 5) is 18.7. The molecule has 2 saturated carbocycles. The van der Waals surface area contributed by atoms with E-state index in [2.05, 4.69) is 19.8 Å². The van der Waals surface area contributed by atoms with Crippen LogP contribution < -0.4 is 9.64 Å². The number of thiazole rings is 1. The Morgan fingerprint density at radius 1 is 1.11 bits per heavy atom. The second-order valence-corrected chi connectivity index (χ2v) is 12.7. The average molecular weight is 632 g/mol. The molecule has 0 spiro atoms. The molecular formula is C31H29F4N3O5S. The first-order valence-corrected chi connectivity index (χ1v) is 15.4. The number of benzene rings is 2. The number of esters is 1. The maximum atomic E-state index is 14.7. The van der Waals surface area contributed by atoms with Crippen LogP contribution in [0, 0.1) is 17.7 Å². The second-order valence-electron chi connectivity index (χ2n) is 11.7. The summed E-state index contributed by atoms with van der Waals surface area (Å²) in [6, 6.07) is 8.70. The van der Waals surface area contributed by atoms with Crippen molar-refractivity contribution in [1.82, 2.24) is 10.1 Å². The molecule has 7 rings (SSSR count). The molecule has 0 radical (unpaired) electrons. The predicted octanol–water partition coefficient (Wildman–Crippen LogP) is 7.47. The monoisotopic (exact) mass is 631 g/mol. The molecule has 8 nitrogen and oxygen atoms in total. The standard InChI is InChI=1S/C31H29F4N3O5S/c1-40-29(39)18-11-23(32)27-25(12-18)44-30(36-27)38-13-17-8-9-20(10-19(17)14-38)41-15-22-26(37-43-28(22)16-6-7-16)21-4-2-3-5-24(21)42-31(33,34)35/h2-5,11-12,16-17,19-20H,6-10,13-15H2,1H3/t17-,19+,20+/m0/s1. The Balaban J connectivity index is 1.05. The first-order chi connectivity index (χ1) is 21.2. The van der Waals surface area contributed by atoms with E-state index in [1.807, 2.05) is 0 Å². The average Bonchev–Trinajstić information content (AvgIpc) is 3.40. The summed E-state index contributed by atoms with van der Waals surface area (Å²) < 4.78 is 75.8. The first-order valence-electron chi connectivity index (χ1n) is 14.6. The van der Waals surface area contributed by atoms with Gasteiger partial charge in [0.25, 0.3) is 0 Å². The van der Waals surface area contributed by atoms with Crippen LogP contribution in [0.1, 0.15) is 59.7 Å². The largest absolute Gasteiger partial charge is 0.573 e. The van der Waals surface area contributed by atoms with Crippen LogP contribution >= 0.6 is 11.3 Å². The summed E-state index contributed by atoms with van der Waals surface area (Å²) in [7, 11) is 1.26. The van der Waals surface area contributed by atoms with Crippen LogP contribution in [0.2, 0.25) is 0 Å². The van der Waals surface area contributed by atoms with Crippen molar-refractivity contribution in [3.8, 4) is 17.0 Å². The number of hydrogen-bond acceptors (Lipinski definition) is 9. The molecule has 4 aromatic rings. The molecule has 3 heterocycles. The van der Waals surface area contributed by atoms with E-state index in [0.717, 1.165) is 56.4 Å². The number of para-hydroxylation sites is 1. The smallest absolute Gasteiger partial charge is 0.465 e. The summed E-state index contributed by atoms with van der Waals surface area (Å²) in [6.07, 6.45) is -0.390. The molecule has 44 heavy (non-hydrogen) atoms. The molecule has 3 fully saturated rings. The van der Waals surface area contributed by atoms with Crippen LogP contribution in [0.4, 0.5) is 22.7 Å². The summed E-state index contributed by atoms with van der Waals surface area (Å²) in [5.74, 6) is 0.161. The third-order valence-electron chi connectivity index (χ3n) is 8.73. The van der Waals surface area contributed by atoms with E-state index in [0.29, 0.717) is 33.6 Å². The number of rotatable bonds is 8. The number of carbonyl (C=O) groups is 1. The van der Waals surface area contributed by atoms with E-state index in [4.69, 9.17) is 14.0 Å². The van der Waals surface area contributed by atoms with Crippen molar-refractivity contribution in [2.75, 3.05) is 25.1 Å². The zero-order valence-corrected chi connectivity index (χ0v) is 24.5. The molecule has 0 N–H and O–H groups in total. The van der Waals surface area contributed by atoms with Crippen molar-refractivity contribution in [3.63, 3.8) is 0 Å². The van der Waals surface area contributed by atoms with Gasteiger partial charge in [-0.15, -0.1) is 13.2 Å². The number of fused-ring (bicyclic) bond motifs is 2. The van der Waals surface area contributed by atoms with Gasteiger partial charge in [-0.3, -0.25) is 0 Å². The molecule has 0 unspecified atom stereocenters. The summed E-state index contributed by atoms with van der Waals surface area (Å²) in [6.45, 7) is 1.74. The van der Waals surface area contributed by atoms with Gasteiger partial charge in [0.1, 0.15) is 22.7 Å². The molecule has 1 aliphatic heterocycles. The van der Waals surface area contributed by atoms with Crippen LogP contribution in [-0.2, 0) is 16.1 Å². The lowest BCUT2D eigenvalue weighted by Gasteiger charge is -2.30. The van der Waals surface area contributed by atoms with E-state index < -0.39 is 18.1 Å². The summed E-state index contributed by atoms with van der Waals surface area (Å²) >= 11 is 1.36. The van der Waals surface area contributed by atoms with Crippen LogP contribution in [0.15, 0.2) is 40.9 Å². The molecule has 1 saturated heterocycles.